The highest BCUT2D eigenvalue weighted by Crippen LogP contribution is 2.15. The third kappa shape index (κ3) is 7.00. The van der Waals surface area contributed by atoms with E-state index in [1.54, 1.807) is 0 Å². The fourth-order valence-electron chi connectivity index (χ4n) is 1.11. The van der Waals surface area contributed by atoms with Crippen molar-refractivity contribution in [3.8, 4) is 0 Å². The Labute approximate surface area is 127 Å². The Hall–Kier alpha value is -0.500. The number of aryl methyl sites for hydroxylation is 1. The third-order valence-corrected chi connectivity index (χ3v) is 3.10. The van der Waals surface area contributed by atoms with Gasteiger partial charge in [0.25, 0.3) is 11.8 Å². The number of carbonyl (C=O) groups excluding carboxylic acids is 1. The maximum absolute atomic E-state index is 12.8. The van der Waals surface area contributed by atoms with E-state index in [9.17, 15) is 13.6 Å². The summed E-state index contributed by atoms with van der Waals surface area (Å²) < 4.78 is 25.6. The fraction of sp³-hybridized carbons (Fsp3) is 0.600. The number of hydrogen-bond donors (Lipinski definition) is 2. The first-order chi connectivity index (χ1) is 7.98. The number of nitrogens with zero attached hydrogens (tertiary/aromatic N) is 1. The van der Waals surface area contributed by atoms with Crippen molar-refractivity contribution in [3.05, 3.63) is 16.1 Å². The molecule has 19 heavy (non-hydrogen) atoms. The van der Waals surface area contributed by atoms with Gasteiger partial charge in [-0.25, -0.2) is 13.8 Å². The Morgan fingerprint density at radius 2 is 2.16 bits per heavy atom. The minimum Gasteiger partial charge on any atom is -0.345 e. The summed E-state index contributed by atoms with van der Waals surface area (Å²) in [7, 11) is 0. The Kier molecular flexibility index (Phi) is 10.3. The van der Waals surface area contributed by atoms with E-state index >= 15 is 0 Å². The van der Waals surface area contributed by atoms with Crippen LogP contribution in [0.3, 0.4) is 0 Å². The SMILES string of the molecule is CCCc1ncc(C(=O)NCC(F)(F)CN)s1.Cl.Cl. The normalized spacial score (nSPS) is 10.3. The highest BCUT2D eigenvalue weighted by molar-refractivity contribution is 7.13. The Bertz CT molecular complexity index is 391. The number of halogens is 4. The number of carbonyl (C=O) groups is 1. The molecule has 1 aromatic heterocycles. The van der Waals surface area contributed by atoms with E-state index in [1.807, 2.05) is 6.92 Å². The zero-order valence-electron chi connectivity index (χ0n) is 10.3. The lowest BCUT2D eigenvalue weighted by molar-refractivity contribution is 0.0119. The van der Waals surface area contributed by atoms with Crippen LogP contribution in [0.15, 0.2) is 6.20 Å². The van der Waals surface area contributed by atoms with E-state index in [-0.39, 0.29) is 24.8 Å². The molecule has 0 aromatic carbocycles. The van der Waals surface area contributed by atoms with Crippen molar-refractivity contribution in [2.45, 2.75) is 25.7 Å². The maximum Gasteiger partial charge on any atom is 0.277 e. The molecule has 1 aromatic rings. The minimum absolute atomic E-state index is 0. The molecule has 0 saturated carbocycles. The second kappa shape index (κ2) is 9.41. The molecule has 1 rings (SSSR count). The van der Waals surface area contributed by atoms with Crippen molar-refractivity contribution in [2.24, 2.45) is 5.73 Å². The van der Waals surface area contributed by atoms with Gasteiger partial charge in [0.05, 0.1) is 24.3 Å². The summed E-state index contributed by atoms with van der Waals surface area (Å²) in [5.41, 5.74) is 4.86. The third-order valence-electron chi connectivity index (χ3n) is 2.05. The highest BCUT2D eigenvalue weighted by atomic mass is 35.5. The van der Waals surface area contributed by atoms with Crippen molar-refractivity contribution in [2.75, 3.05) is 13.1 Å². The summed E-state index contributed by atoms with van der Waals surface area (Å²) in [6.07, 6.45) is 3.13. The van der Waals surface area contributed by atoms with Gasteiger partial charge in [-0.05, 0) is 12.8 Å². The van der Waals surface area contributed by atoms with Crippen molar-refractivity contribution in [3.63, 3.8) is 0 Å². The van der Waals surface area contributed by atoms with Gasteiger partial charge in [-0.15, -0.1) is 36.2 Å². The Morgan fingerprint density at radius 1 is 1.53 bits per heavy atom. The van der Waals surface area contributed by atoms with Crippen LogP contribution in [0.4, 0.5) is 8.78 Å². The van der Waals surface area contributed by atoms with Crippen LogP contribution in [0.1, 0.15) is 28.0 Å². The summed E-state index contributed by atoms with van der Waals surface area (Å²) in [5, 5.41) is 2.98. The zero-order valence-corrected chi connectivity index (χ0v) is 12.8. The van der Waals surface area contributed by atoms with E-state index in [4.69, 9.17) is 5.73 Å². The first-order valence-corrected chi connectivity index (χ1v) is 6.11. The molecule has 0 aliphatic carbocycles. The molecule has 1 amide bonds. The quantitative estimate of drug-likeness (QED) is 0.837. The van der Waals surface area contributed by atoms with Crippen molar-refractivity contribution < 1.29 is 13.6 Å². The number of nitrogens with one attached hydrogen (secondary N) is 1. The minimum atomic E-state index is -3.06. The predicted octanol–water partition coefficient (Wildman–Crippen LogP) is 2.26. The van der Waals surface area contributed by atoms with Gasteiger partial charge in [0.2, 0.25) is 0 Å². The molecule has 3 N–H and O–H groups in total. The fourth-order valence-corrected chi connectivity index (χ4v) is 2.05. The molecular weight excluding hydrogens is 319 g/mol. The Balaban J connectivity index is 0. The first kappa shape index (κ1) is 20.8. The topological polar surface area (TPSA) is 68.0 Å². The molecule has 0 fully saturated rings. The highest BCUT2D eigenvalue weighted by Gasteiger charge is 2.27. The lowest BCUT2D eigenvalue weighted by Crippen LogP contribution is -2.41. The van der Waals surface area contributed by atoms with Gasteiger partial charge in [0.1, 0.15) is 4.88 Å². The van der Waals surface area contributed by atoms with Gasteiger partial charge in [-0.2, -0.15) is 0 Å². The van der Waals surface area contributed by atoms with Crippen LogP contribution in [0.2, 0.25) is 0 Å². The molecule has 0 bridgehead atoms. The van der Waals surface area contributed by atoms with Gasteiger partial charge >= 0.3 is 0 Å². The summed E-state index contributed by atoms with van der Waals surface area (Å²) >= 11 is 1.22. The van der Waals surface area contributed by atoms with E-state index in [0.29, 0.717) is 4.88 Å². The largest absolute Gasteiger partial charge is 0.345 e. The average Bonchev–Trinajstić information content (AvgIpc) is 2.75. The van der Waals surface area contributed by atoms with Crippen LogP contribution in [-0.2, 0) is 6.42 Å². The maximum atomic E-state index is 12.8. The van der Waals surface area contributed by atoms with Gasteiger partial charge in [-0.3, -0.25) is 4.79 Å². The number of rotatable bonds is 6. The Morgan fingerprint density at radius 3 is 2.68 bits per heavy atom. The molecule has 0 atom stereocenters. The van der Waals surface area contributed by atoms with Gasteiger partial charge in [-0.1, -0.05) is 6.92 Å². The molecule has 9 heteroatoms. The van der Waals surface area contributed by atoms with Gasteiger partial charge in [0, 0.05) is 0 Å². The van der Waals surface area contributed by atoms with E-state index < -0.39 is 24.9 Å². The van der Waals surface area contributed by atoms with Gasteiger partial charge in [0.15, 0.2) is 0 Å². The molecule has 0 aliphatic heterocycles. The van der Waals surface area contributed by atoms with E-state index in [1.165, 1.54) is 17.5 Å². The lowest BCUT2D eigenvalue weighted by atomic mass is 10.3. The number of hydrogen-bond acceptors (Lipinski definition) is 4. The van der Waals surface area contributed by atoms with Crippen molar-refractivity contribution >= 4 is 42.1 Å². The van der Waals surface area contributed by atoms with Crippen molar-refractivity contribution in [1.82, 2.24) is 10.3 Å². The van der Waals surface area contributed by atoms with Crippen LogP contribution in [0.25, 0.3) is 0 Å². The number of aromatic nitrogens is 1. The molecule has 0 unspecified atom stereocenters. The number of amides is 1. The molecular formula is C10H17Cl2F2N3OS. The van der Waals surface area contributed by atoms with Crippen molar-refractivity contribution in [1.29, 1.82) is 0 Å². The smallest absolute Gasteiger partial charge is 0.277 e. The summed E-state index contributed by atoms with van der Waals surface area (Å²) in [5.74, 6) is -3.59. The lowest BCUT2D eigenvalue weighted by Gasteiger charge is -2.13. The summed E-state index contributed by atoms with van der Waals surface area (Å²) in [4.78, 5) is 15.9. The number of nitrogens with two attached hydrogens (primary N) is 1. The average molecular weight is 336 g/mol. The summed E-state index contributed by atoms with van der Waals surface area (Å²) in [6.45, 7) is 0.476. The molecule has 0 spiro atoms. The molecule has 112 valence electrons. The van der Waals surface area contributed by atoms with Crippen LogP contribution >= 0.6 is 36.2 Å². The van der Waals surface area contributed by atoms with E-state index in [2.05, 4.69) is 10.3 Å². The standard InChI is InChI=1S/C10H15F2N3OS.2ClH/c1-2-3-8-14-4-7(17-8)9(16)15-6-10(11,12)5-13;;/h4H,2-3,5-6,13H2,1H3,(H,15,16);2*1H. The van der Waals surface area contributed by atoms with Crippen LogP contribution in [0, 0.1) is 0 Å². The predicted molar refractivity (Wildman–Crippen MR) is 76.9 cm³/mol. The monoisotopic (exact) mass is 335 g/mol. The van der Waals surface area contributed by atoms with Crippen LogP contribution in [0.5, 0.6) is 0 Å². The molecule has 0 aliphatic rings. The molecule has 4 nitrogen and oxygen atoms in total. The second-order valence-corrected chi connectivity index (χ2v) is 4.73. The summed E-state index contributed by atoms with van der Waals surface area (Å²) in [6, 6.07) is 0. The second-order valence-electron chi connectivity index (χ2n) is 3.61. The number of thiazole rings is 1. The molecule has 0 radical (unpaired) electrons. The van der Waals surface area contributed by atoms with Gasteiger partial charge < -0.3 is 11.1 Å². The number of alkyl halides is 2. The van der Waals surface area contributed by atoms with E-state index in [0.717, 1.165) is 17.8 Å². The first-order valence-electron chi connectivity index (χ1n) is 5.29. The van der Waals surface area contributed by atoms with Crippen LogP contribution < -0.4 is 11.1 Å². The molecule has 0 saturated heterocycles. The zero-order chi connectivity index (χ0) is 12.9. The van der Waals surface area contributed by atoms with Crippen LogP contribution in [-0.4, -0.2) is 29.9 Å². The molecule has 1 heterocycles.